The lowest BCUT2D eigenvalue weighted by Gasteiger charge is -2.25. The molecule has 9 heteroatoms. The number of phosphoric acid groups is 1. The molecule has 0 heterocycles. The van der Waals surface area contributed by atoms with Crippen molar-refractivity contribution in [2.24, 2.45) is 5.73 Å². The van der Waals surface area contributed by atoms with E-state index in [9.17, 15) is 19.4 Å². The first kappa shape index (κ1) is 48.5. The standard InChI is InChI=1S/C40H83N2O6P/c1-3-5-7-9-11-13-15-16-17-18-19-20-21-22-24-26-28-30-32-34-40(44)42-38(37-48-49(45,46)47-36-35-41)39(43)33-31-29-27-25-23-14-12-10-8-6-4-2/h38-39,43H,3-37,41H2,1-2H3,(H,42,44)(H,45,46)/t38-,39+/m0/s1. The Morgan fingerprint density at radius 2 is 0.939 bits per heavy atom. The Kier molecular flexibility index (Phi) is 36.9. The summed E-state index contributed by atoms with van der Waals surface area (Å²) in [6.45, 7) is 4.22. The average Bonchev–Trinajstić information content (AvgIpc) is 3.09. The molecule has 0 spiro atoms. The van der Waals surface area contributed by atoms with Crippen LogP contribution in [-0.4, -0.2) is 47.8 Å². The molecular formula is C40H83N2O6P. The number of rotatable bonds is 40. The molecule has 1 amide bonds. The number of carbonyl (C=O) groups is 1. The van der Waals surface area contributed by atoms with Crippen molar-refractivity contribution in [3.8, 4) is 0 Å². The van der Waals surface area contributed by atoms with Crippen LogP contribution in [0.25, 0.3) is 0 Å². The molecule has 0 aromatic carbocycles. The molecule has 294 valence electrons. The molecule has 0 saturated heterocycles. The first-order chi connectivity index (χ1) is 23.9. The highest BCUT2D eigenvalue weighted by Gasteiger charge is 2.27. The summed E-state index contributed by atoms with van der Waals surface area (Å²) >= 11 is 0. The highest BCUT2D eigenvalue weighted by Crippen LogP contribution is 2.43. The van der Waals surface area contributed by atoms with E-state index in [0.717, 1.165) is 38.5 Å². The monoisotopic (exact) mass is 719 g/mol. The first-order valence-electron chi connectivity index (χ1n) is 21.2. The molecule has 0 aromatic heterocycles. The first-order valence-corrected chi connectivity index (χ1v) is 22.6. The Labute approximate surface area is 303 Å². The van der Waals surface area contributed by atoms with E-state index in [1.54, 1.807) is 0 Å². The van der Waals surface area contributed by atoms with Gasteiger partial charge in [-0.25, -0.2) is 4.57 Å². The topological polar surface area (TPSA) is 131 Å². The van der Waals surface area contributed by atoms with Crippen molar-refractivity contribution in [1.29, 1.82) is 0 Å². The van der Waals surface area contributed by atoms with Gasteiger partial charge in [0, 0.05) is 13.0 Å². The van der Waals surface area contributed by atoms with Crippen LogP contribution < -0.4 is 11.1 Å². The van der Waals surface area contributed by atoms with Gasteiger partial charge >= 0.3 is 7.82 Å². The van der Waals surface area contributed by atoms with E-state index in [-0.39, 0.29) is 25.7 Å². The summed E-state index contributed by atoms with van der Waals surface area (Å²) in [7, 11) is -4.30. The van der Waals surface area contributed by atoms with Crippen LogP contribution in [0.5, 0.6) is 0 Å². The Morgan fingerprint density at radius 3 is 1.31 bits per heavy atom. The van der Waals surface area contributed by atoms with Gasteiger partial charge in [0.25, 0.3) is 0 Å². The smallest absolute Gasteiger partial charge is 0.391 e. The van der Waals surface area contributed by atoms with Crippen molar-refractivity contribution in [3.63, 3.8) is 0 Å². The Hall–Kier alpha value is -0.500. The number of carbonyl (C=O) groups excluding carboxylic acids is 1. The van der Waals surface area contributed by atoms with Crippen LogP contribution in [0.2, 0.25) is 0 Å². The summed E-state index contributed by atoms with van der Waals surface area (Å²) in [6.07, 6.45) is 38.2. The van der Waals surface area contributed by atoms with Crippen molar-refractivity contribution in [2.45, 2.75) is 231 Å². The number of nitrogens with one attached hydrogen (secondary N) is 1. The van der Waals surface area contributed by atoms with E-state index in [0.29, 0.717) is 12.8 Å². The number of unbranched alkanes of at least 4 members (excludes halogenated alkanes) is 28. The van der Waals surface area contributed by atoms with Crippen molar-refractivity contribution >= 4 is 13.7 Å². The lowest BCUT2D eigenvalue weighted by molar-refractivity contribution is -0.123. The minimum absolute atomic E-state index is 0.0923. The van der Waals surface area contributed by atoms with Gasteiger partial charge in [0.15, 0.2) is 0 Å². The third-order valence-electron chi connectivity index (χ3n) is 9.71. The van der Waals surface area contributed by atoms with E-state index in [1.165, 1.54) is 154 Å². The van der Waals surface area contributed by atoms with Gasteiger partial charge in [0.2, 0.25) is 5.91 Å². The predicted octanol–water partition coefficient (Wildman–Crippen LogP) is 11.4. The van der Waals surface area contributed by atoms with Crippen molar-refractivity contribution in [2.75, 3.05) is 19.8 Å². The summed E-state index contributed by atoms with van der Waals surface area (Å²) in [4.78, 5) is 22.7. The van der Waals surface area contributed by atoms with E-state index >= 15 is 0 Å². The molecule has 0 fully saturated rings. The largest absolute Gasteiger partial charge is 0.472 e. The van der Waals surface area contributed by atoms with Crippen LogP contribution in [-0.2, 0) is 18.4 Å². The zero-order valence-electron chi connectivity index (χ0n) is 32.5. The number of phosphoric ester groups is 1. The van der Waals surface area contributed by atoms with Crippen molar-refractivity contribution in [1.82, 2.24) is 5.32 Å². The van der Waals surface area contributed by atoms with Crippen molar-refractivity contribution < 1.29 is 28.4 Å². The normalized spacial score (nSPS) is 14.1. The fourth-order valence-corrected chi connectivity index (χ4v) is 7.25. The van der Waals surface area contributed by atoms with E-state index in [2.05, 4.69) is 19.2 Å². The molecule has 0 rings (SSSR count). The zero-order valence-corrected chi connectivity index (χ0v) is 33.3. The van der Waals surface area contributed by atoms with Crippen molar-refractivity contribution in [3.05, 3.63) is 0 Å². The molecule has 0 aliphatic heterocycles. The second kappa shape index (κ2) is 37.3. The van der Waals surface area contributed by atoms with Gasteiger partial charge in [-0.05, 0) is 12.8 Å². The molecule has 8 nitrogen and oxygen atoms in total. The number of nitrogens with two attached hydrogens (primary N) is 1. The van der Waals surface area contributed by atoms with Gasteiger partial charge in [-0.15, -0.1) is 0 Å². The van der Waals surface area contributed by atoms with Crippen LogP contribution in [0.15, 0.2) is 0 Å². The minimum Gasteiger partial charge on any atom is -0.391 e. The average molecular weight is 719 g/mol. The highest BCUT2D eigenvalue weighted by molar-refractivity contribution is 7.47. The molecule has 3 atom stereocenters. The summed E-state index contributed by atoms with van der Waals surface area (Å²) < 4.78 is 22.1. The van der Waals surface area contributed by atoms with Crippen LogP contribution in [0, 0.1) is 0 Å². The fourth-order valence-electron chi connectivity index (χ4n) is 6.49. The van der Waals surface area contributed by atoms with Gasteiger partial charge in [-0.1, -0.05) is 200 Å². The quantitative estimate of drug-likeness (QED) is 0.0366. The molecule has 0 aromatic rings. The van der Waals surface area contributed by atoms with Crippen LogP contribution >= 0.6 is 7.82 Å². The van der Waals surface area contributed by atoms with E-state index in [4.69, 9.17) is 14.8 Å². The lowest BCUT2D eigenvalue weighted by atomic mass is 10.0. The third kappa shape index (κ3) is 35.7. The maximum absolute atomic E-state index is 12.7. The molecule has 5 N–H and O–H groups in total. The highest BCUT2D eigenvalue weighted by atomic mass is 31.2. The van der Waals surface area contributed by atoms with E-state index in [1.807, 2.05) is 0 Å². The Balaban J connectivity index is 4.07. The summed E-state index contributed by atoms with van der Waals surface area (Å²) in [5.41, 5.74) is 5.37. The van der Waals surface area contributed by atoms with Crippen LogP contribution in [0.1, 0.15) is 219 Å². The molecule has 0 bridgehead atoms. The van der Waals surface area contributed by atoms with Crippen LogP contribution in [0.4, 0.5) is 0 Å². The van der Waals surface area contributed by atoms with Gasteiger partial charge in [-0.2, -0.15) is 0 Å². The number of aliphatic hydroxyl groups is 1. The molecule has 0 aliphatic carbocycles. The predicted molar refractivity (Wildman–Crippen MR) is 208 cm³/mol. The molecule has 0 saturated carbocycles. The maximum atomic E-state index is 12.7. The second-order valence-corrected chi connectivity index (χ2v) is 16.0. The zero-order chi connectivity index (χ0) is 36.1. The molecule has 49 heavy (non-hydrogen) atoms. The minimum atomic E-state index is -4.30. The van der Waals surface area contributed by atoms with Gasteiger partial charge < -0.3 is 21.1 Å². The number of hydrogen-bond donors (Lipinski definition) is 4. The second-order valence-electron chi connectivity index (χ2n) is 14.6. The number of amides is 1. The fraction of sp³-hybridized carbons (Fsp3) is 0.975. The van der Waals surface area contributed by atoms with Gasteiger partial charge in [-0.3, -0.25) is 13.8 Å². The summed E-state index contributed by atoms with van der Waals surface area (Å²) in [5, 5.41) is 13.7. The number of hydrogen-bond acceptors (Lipinski definition) is 6. The summed E-state index contributed by atoms with van der Waals surface area (Å²) in [6, 6.07) is -0.766. The third-order valence-corrected chi connectivity index (χ3v) is 10.7. The Bertz CT molecular complexity index is 744. The summed E-state index contributed by atoms with van der Waals surface area (Å²) in [5.74, 6) is -0.158. The lowest BCUT2D eigenvalue weighted by Crippen LogP contribution is -2.46. The molecule has 1 unspecified atom stereocenters. The Morgan fingerprint density at radius 1 is 0.592 bits per heavy atom. The van der Waals surface area contributed by atoms with E-state index < -0.39 is 20.0 Å². The molecule has 0 radical (unpaired) electrons. The van der Waals surface area contributed by atoms with Gasteiger partial charge in [0.05, 0.1) is 25.4 Å². The SMILES string of the molecule is CCCCCCCCCCCCCCCCCCCCCC(=O)N[C@@H](COP(=O)(O)OCCN)[C@H](O)CCCCCCCCCCCCC. The maximum Gasteiger partial charge on any atom is 0.472 e. The number of aliphatic hydroxyl groups excluding tert-OH is 1. The molecular weight excluding hydrogens is 635 g/mol. The van der Waals surface area contributed by atoms with Gasteiger partial charge in [0.1, 0.15) is 0 Å². The van der Waals surface area contributed by atoms with Crippen LogP contribution in [0.3, 0.4) is 0 Å². The molecule has 0 aliphatic rings.